The van der Waals surface area contributed by atoms with Gasteiger partial charge in [-0.15, -0.1) is 0 Å². The Morgan fingerprint density at radius 3 is 1.62 bits per heavy atom. The van der Waals surface area contributed by atoms with Gasteiger partial charge in [-0.1, -0.05) is 97.4 Å². The zero-order valence-electron chi connectivity index (χ0n) is 15.0. The van der Waals surface area contributed by atoms with Crippen molar-refractivity contribution < 1.29 is 5.11 Å². The SMILES string of the molecule is OC(c1ccccc1)(c1ccccc1)C(CCCCS)c1ccccc1. The van der Waals surface area contributed by atoms with Gasteiger partial charge in [-0.25, -0.2) is 0 Å². The van der Waals surface area contributed by atoms with Crippen LogP contribution in [0.5, 0.6) is 0 Å². The third-order valence-electron chi connectivity index (χ3n) is 5.03. The van der Waals surface area contributed by atoms with Crippen LogP contribution in [0, 0.1) is 0 Å². The molecule has 0 amide bonds. The van der Waals surface area contributed by atoms with E-state index in [2.05, 4.69) is 36.9 Å². The summed E-state index contributed by atoms with van der Waals surface area (Å²) in [6, 6.07) is 30.5. The predicted molar refractivity (Wildman–Crippen MR) is 113 cm³/mol. The molecule has 0 bridgehead atoms. The lowest BCUT2D eigenvalue weighted by Gasteiger charge is -2.38. The Labute approximate surface area is 162 Å². The maximum atomic E-state index is 12.1. The van der Waals surface area contributed by atoms with Gasteiger partial charge in [0.1, 0.15) is 5.60 Å². The maximum Gasteiger partial charge on any atom is 0.121 e. The number of hydrogen-bond donors (Lipinski definition) is 2. The molecule has 1 atom stereocenters. The molecule has 0 aliphatic carbocycles. The lowest BCUT2D eigenvalue weighted by molar-refractivity contribution is 0.0451. The standard InChI is InChI=1S/C24H26OS/c25-24(21-14-6-2-7-15-21,22-16-8-3-9-17-22)23(18-10-11-19-26)20-12-4-1-5-13-20/h1-9,12-17,23,25-26H,10-11,18-19H2. The molecular weight excluding hydrogens is 336 g/mol. The first-order valence-corrected chi connectivity index (χ1v) is 9.89. The van der Waals surface area contributed by atoms with Crippen molar-refractivity contribution in [2.24, 2.45) is 0 Å². The van der Waals surface area contributed by atoms with Crippen LogP contribution in [0.25, 0.3) is 0 Å². The van der Waals surface area contributed by atoms with Gasteiger partial charge in [0.2, 0.25) is 0 Å². The Balaban J connectivity index is 2.13. The molecule has 0 saturated carbocycles. The van der Waals surface area contributed by atoms with E-state index in [1.54, 1.807) is 0 Å². The highest BCUT2D eigenvalue weighted by molar-refractivity contribution is 7.80. The Hall–Kier alpha value is -2.03. The number of thiol groups is 1. The molecule has 3 aromatic rings. The number of hydrogen-bond acceptors (Lipinski definition) is 2. The second kappa shape index (κ2) is 9.07. The maximum absolute atomic E-state index is 12.1. The van der Waals surface area contributed by atoms with Gasteiger partial charge in [-0.05, 0) is 35.3 Å². The van der Waals surface area contributed by atoms with Crippen molar-refractivity contribution >= 4 is 12.6 Å². The molecule has 3 aromatic carbocycles. The van der Waals surface area contributed by atoms with E-state index in [0.717, 1.165) is 36.1 Å². The summed E-state index contributed by atoms with van der Waals surface area (Å²) in [5, 5.41) is 12.1. The number of unbranched alkanes of at least 4 members (excludes halogenated alkanes) is 1. The number of aliphatic hydroxyl groups is 1. The molecule has 0 aromatic heterocycles. The predicted octanol–water partition coefficient (Wildman–Crippen LogP) is 5.81. The van der Waals surface area contributed by atoms with E-state index in [1.165, 1.54) is 5.56 Å². The fourth-order valence-electron chi connectivity index (χ4n) is 3.72. The van der Waals surface area contributed by atoms with Crippen molar-refractivity contribution in [1.82, 2.24) is 0 Å². The molecule has 0 saturated heterocycles. The molecule has 0 spiro atoms. The largest absolute Gasteiger partial charge is 0.380 e. The summed E-state index contributed by atoms with van der Waals surface area (Å²) < 4.78 is 0. The molecule has 134 valence electrons. The normalized spacial score (nSPS) is 12.7. The fraction of sp³-hybridized carbons (Fsp3) is 0.250. The summed E-state index contributed by atoms with van der Waals surface area (Å²) >= 11 is 4.36. The van der Waals surface area contributed by atoms with Gasteiger partial charge < -0.3 is 5.11 Å². The van der Waals surface area contributed by atoms with Crippen molar-refractivity contribution in [3.05, 3.63) is 108 Å². The quantitative estimate of drug-likeness (QED) is 0.383. The van der Waals surface area contributed by atoms with Crippen LogP contribution < -0.4 is 0 Å². The van der Waals surface area contributed by atoms with Crippen molar-refractivity contribution in [2.75, 3.05) is 5.75 Å². The van der Waals surface area contributed by atoms with Crippen molar-refractivity contribution in [3.8, 4) is 0 Å². The van der Waals surface area contributed by atoms with E-state index in [0.29, 0.717) is 0 Å². The van der Waals surface area contributed by atoms with Crippen LogP contribution in [-0.4, -0.2) is 10.9 Å². The zero-order chi connectivity index (χ0) is 18.2. The van der Waals surface area contributed by atoms with Crippen LogP contribution >= 0.6 is 12.6 Å². The summed E-state index contributed by atoms with van der Waals surface area (Å²) in [5.74, 6) is 0.852. The van der Waals surface area contributed by atoms with E-state index in [1.807, 2.05) is 66.7 Å². The highest BCUT2D eigenvalue weighted by Gasteiger charge is 2.40. The van der Waals surface area contributed by atoms with Gasteiger partial charge in [0.25, 0.3) is 0 Å². The van der Waals surface area contributed by atoms with E-state index in [9.17, 15) is 5.11 Å². The summed E-state index contributed by atoms with van der Waals surface area (Å²) in [7, 11) is 0. The fourth-order valence-corrected chi connectivity index (χ4v) is 3.94. The van der Waals surface area contributed by atoms with E-state index < -0.39 is 5.60 Å². The van der Waals surface area contributed by atoms with Gasteiger partial charge in [-0.2, -0.15) is 12.6 Å². The monoisotopic (exact) mass is 362 g/mol. The summed E-state index contributed by atoms with van der Waals surface area (Å²) in [4.78, 5) is 0. The molecule has 1 N–H and O–H groups in total. The Bertz CT molecular complexity index is 732. The van der Waals surface area contributed by atoms with Crippen molar-refractivity contribution in [1.29, 1.82) is 0 Å². The van der Waals surface area contributed by atoms with E-state index in [4.69, 9.17) is 0 Å². The Kier molecular flexibility index (Phi) is 6.54. The molecule has 0 aliphatic rings. The third-order valence-corrected chi connectivity index (χ3v) is 5.35. The van der Waals surface area contributed by atoms with Crippen molar-refractivity contribution in [2.45, 2.75) is 30.8 Å². The average molecular weight is 363 g/mol. The zero-order valence-corrected chi connectivity index (χ0v) is 15.9. The minimum absolute atomic E-state index is 0.0200. The third kappa shape index (κ3) is 4.03. The molecule has 0 heterocycles. The highest BCUT2D eigenvalue weighted by atomic mass is 32.1. The van der Waals surface area contributed by atoms with E-state index in [-0.39, 0.29) is 5.92 Å². The van der Waals surface area contributed by atoms with Crippen LogP contribution in [0.2, 0.25) is 0 Å². The van der Waals surface area contributed by atoms with Crippen molar-refractivity contribution in [3.63, 3.8) is 0 Å². The smallest absolute Gasteiger partial charge is 0.121 e. The second-order valence-electron chi connectivity index (χ2n) is 6.68. The first kappa shape index (κ1) is 18.8. The highest BCUT2D eigenvalue weighted by Crippen LogP contribution is 2.45. The van der Waals surface area contributed by atoms with Gasteiger partial charge in [0.05, 0.1) is 0 Å². The Morgan fingerprint density at radius 2 is 1.15 bits per heavy atom. The molecule has 3 rings (SSSR count). The lowest BCUT2D eigenvalue weighted by Crippen LogP contribution is -2.35. The molecule has 1 nitrogen and oxygen atoms in total. The molecule has 1 unspecified atom stereocenters. The second-order valence-corrected chi connectivity index (χ2v) is 7.13. The van der Waals surface area contributed by atoms with Crippen LogP contribution in [0.15, 0.2) is 91.0 Å². The van der Waals surface area contributed by atoms with Gasteiger partial charge in [0, 0.05) is 5.92 Å². The van der Waals surface area contributed by atoms with Crippen LogP contribution in [0.1, 0.15) is 41.9 Å². The molecule has 2 heteroatoms. The molecule has 0 radical (unpaired) electrons. The summed E-state index contributed by atoms with van der Waals surface area (Å²) in [6.45, 7) is 0. The van der Waals surface area contributed by atoms with Gasteiger partial charge >= 0.3 is 0 Å². The summed E-state index contributed by atoms with van der Waals surface area (Å²) in [5.41, 5.74) is 1.97. The minimum atomic E-state index is -1.07. The number of benzene rings is 3. The molecular formula is C24H26OS. The van der Waals surface area contributed by atoms with Gasteiger partial charge in [-0.3, -0.25) is 0 Å². The van der Waals surface area contributed by atoms with Crippen LogP contribution in [0.4, 0.5) is 0 Å². The minimum Gasteiger partial charge on any atom is -0.380 e. The first-order valence-electron chi connectivity index (χ1n) is 9.26. The lowest BCUT2D eigenvalue weighted by atomic mass is 9.71. The molecule has 0 fully saturated rings. The summed E-state index contributed by atoms with van der Waals surface area (Å²) in [6.07, 6.45) is 2.99. The molecule has 26 heavy (non-hydrogen) atoms. The Morgan fingerprint density at radius 1 is 0.692 bits per heavy atom. The average Bonchev–Trinajstić information content (AvgIpc) is 2.73. The van der Waals surface area contributed by atoms with Crippen LogP contribution in [-0.2, 0) is 5.60 Å². The topological polar surface area (TPSA) is 20.2 Å². The van der Waals surface area contributed by atoms with Gasteiger partial charge in [0.15, 0.2) is 0 Å². The van der Waals surface area contributed by atoms with E-state index >= 15 is 0 Å². The molecule has 0 aliphatic heterocycles. The first-order chi connectivity index (χ1) is 12.8. The number of rotatable bonds is 8. The van der Waals surface area contributed by atoms with Crippen LogP contribution in [0.3, 0.4) is 0 Å².